The third kappa shape index (κ3) is 2.98. The molecule has 1 aliphatic heterocycles. The first-order chi connectivity index (χ1) is 11.7. The normalized spacial score (nSPS) is 20.5. The van der Waals surface area contributed by atoms with Crippen LogP contribution in [0, 0.1) is 0 Å². The zero-order chi connectivity index (χ0) is 16.5. The highest BCUT2D eigenvalue weighted by Crippen LogP contribution is 2.42. The van der Waals surface area contributed by atoms with E-state index in [-0.39, 0.29) is 11.8 Å². The number of carbonyl (C=O) groups excluding carboxylic acids is 1. The number of benzene rings is 1. The molecule has 6 heteroatoms. The molecule has 1 atom stereocenters. The van der Waals surface area contributed by atoms with E-state index in [9.17, 15) is 4.79 Å². The fourth-order valence-electron chi connectivity index (χ4n) is 3.50. The number of aromatic nitrogens is 1. The number of anilines is 2. The van der Waals surface area contributed by atoms with Gasteiger partial charge in [0.05, 0.1) is 11.0 Å². The van der Waals surface area contributed by atoms with Gasteiger partial charge in [-0.3, -0.25) is 4.79 Å². The predicted molar refractivity (Wildman–Crippen MR) is 96.1 cm³/mol. The van der Waals surface area contributed by atoms with Gasteiger partial charge in [0.25, 0.3) is 0 Å². The summed E-state index contributed by atoms with van der Waals surface area (Å²) in [5.74, 6) is 1.65. The van der Waals surface area contributed by atoms with E-state index in [1.807, 2.05) is 19.2 Å². The molecule has 0 unspecified atom stereocenters. The Hall–Kier alpha value is -2.08. The van der Waals surface area contributed by atoms with Crippen molar-refractivity contribution in [3.05, 3.63) is 34.7 Å². The van der Waals surface area contributed by atoms with Gasteiger partial charge in [0.2, 0.25) is 5.91 Å². The summed E-state index contributed by atoms with van der Waals surface area (Å²) >= 11 is 1.60. The molecule has 5 nitrogen and oxygen atoms in total. The lowest BCUT2D eigenvalue weighted by Gasteiger charge is -2.22. The van der Waals surface area contributed by atoms with Crippen molar-refractivity contribution in [1.82, 2.24) is 4.98 Å². The number of nitrogens with one attached hydrogen (secondary N) is 2. The minimum Gasteiger partial charge on any atom is -0.490 e. The molecule has 0 saturated heterocycles. The lowest BCUT2D eigenvalue weighted by molar-refractivity contribution is -0.116. The Morgan fingerprint density at radius 1 is 1.33 bits per heavy atom. The second kappa shape index (κ2) is 6.43. The Labute approximate surface area is 145 Å². The van der Waals surface area contributed by atoms with E-state index >= 15 is 0 Å². The van der Waals surface area contributed by atoms with Gasteiger partial charge in [0, 0.05) is 19.4 Å². The SMILES string of the molecule is CNc1nc2c(s1)[C@@H](c1cccc(OC3CCCC3)c1)CC(=O)N2. The van der Waals surface area contributed by atoms with Crippen molar-refractivity contribution in [1.29, 1.82) is 0 Å². The number of carbonyl (C=O) groups is 1. The Balaban J connectivity index is 1.63. The lowest BCUT2D eigenvalue weighted by Crippen LogP contribution is -2.22. The number of fused-ring (bicyclic) bond motifs is 1. The number of hydrogen-bond donors (Lipinski definition) is 2. The van der Waals surface area contributed by atoms with Crippen LogP contribution < -0.4 is 15.4 Å². The van der Waals surface area contributed by atoms with E-state index in [4.69, 9.17) is 4.74 Å². The van der Waals surface area contributed by atoms with Crippen LogP contribution in [0.2, 0.25) is 0 Å². The van der Waals surface area contributed by atoms with E-state index in [1.54, 1.807) is 11.3 Å². The van der Waals surface area contributed by atoms with Gasteiger partial charge in [0.15, 0.2) is 5.13 Å². The van der Waals surface area contributed by atoms with Crippen molar-refractivity contribution < 1.29 is 9.53 Å². The quantitative estimate of drug-likeness (QED) is 0.881. The van der Waals surface area contributed by atoms with E-state index in [1.165, 1.54) is 12.8 Å². The molecule has 1 amide bonds. The summed E-state index contributed by atoms with van der Waals surface area (Å²) in [4.78, 5) is 17.6. The molecule has 2 aliphatic rings. The first-order valence-corrected chi connectivity index (χ1v) is 9.29. The maximum Gasteiger partial charge on any atom is 0.226 e. The number of rotatable bonds is 4. The maximum absolute atomic E-state index is 12.1. The second-order valence-electron chi connectivity index (χ2n) is 6.38. The summed E-state index contributed by atoms with van der Waals surface area (Å²) in [5, 5.41) is 6.76. The van der Waals surface area contributed by atoms with Crippen molar-refractivity contribution >= 4 is 28.2 Å². The molecule has 24 heavy (non-hydrogen) atoms. The zero-order valence-electron chi connectivity index (χ0n) is 13.7. The minimum absolute atomic E-state index is 0.0163. The summed E-state index contributed by atoms with van der Waals surface area (Å²) in [7, 11) is 1.84. The van der Waals surface area contributed by atoms with Gasteiger partial charge < -0.3 is 15.4 Å². The Morgan fingerprint density at radius 3 is 2.96 bits per heavy atom. The number of amides is 1. The van der Waals surface area contributed by atoms with Crippen LogP contribution in [-0.2, 0) is 4.79 Å². The number of hydrogen-bond acceptors (Lipinski definition) is 5. The Bertz CT molecular complexity index is 752. The van der Waals surface area contributed by atoms with Gasteiger partial charge in [-0.2, -0.15) is 0 Å². The third-order valence-corrected chi connectivity index (χ3v) is 5.88. The summed E-state index contributed by atoms with van der Waals surface area (Å²) in [6.45, 7) is 0. The van der Waals surface area contributed by atoms with Crippen LogP contribution in [0.3, 0.4) is 0 Å². The number of ether oxygens (including phenoxy) is 1. The summed E-state index contributed by atoms with van der Waals surface area (Å²) in [6, 6.07) is 8.20. The highest BCUT2D eigenvalue weighted by Gasteiger charge is 2.30. The van der Waals surface area contributed by atoms with Crippen LogP contribution in [0.1, 0.15) is 48.5 Å². The molecule has 126 valence electrons. The smallest absolute Gasteiger partial charge is 0.226 e. The molecule has 1 aromatic carbocycles. The monoisotopic (exact) mass is 343 g/mol. The molecular formula is C18H21N3O2S. The van der Waals surface area contributed by atoms with Gasteiger partial charge in [0.1, 0.15) is 11.6 Å². The lowest BCUT2D eigenvalue weighted by atomic mass is 9.91. The topological polar surface area (TPSA) is 63.3 Å². The molecule has 0 spiro atoms. The molecule has 1 aromatic heterocycles. The van der Waals surface area contributed by atoms with Gasteiger partial charge >= 0.3 is 0 Å². The summed E-state index contributed by atoms with van der Waals surface area (Å²) in [5.41, 5.74) is 1.12. The molecule has 2 aromatic rings. The van der Waals surface area contributed by atoms with Gasteiger partial charge in [-0.15, -0.1) is 0 Å². The first kappa shape index (κ1) is 15.4. The average Bonchev–Trinajstić information content (AvgIpc) is 3.23. The largest absolute Gasteiger partial charge is 0.490 e. The number of thiazole rings is 1. The van der Waals surface area contributed by atoms with Gasteiger partial charge in [-0.05, 0) is 43.4 Å². The minimum atomic E-state index is 0.0163. The van der Waals surface area contributed by atoms with Crippen LogP contribution in [0.25, 0.3) is 0 Å². The van der Waals surface area contributed by atoms with Crippen molar-refractivity contribution in [3.8, 4) is 5.75 Å². The van der Waals surface area contributed by atoms with Crippen LogP contribution in [0.15, 0.2) is 24.3 Å². The van der Waals surface area contributed by atoms with Crippen molar-refractivity contribution in [3.63, 3.8) is 0 Å². The first-order valence-electron chi connectivity index (χ1n) is 8.48. The number of nitrogens with zero attached hydrogens (tertiary/aromatic N) is 1. The standard InChI is InChI=1S/C18H21N3O2S/c1-19-18-21-17-16(24-18)14(10-15(22)20-17)11-5-4-8-13(9-11)23-12-6-2-3-7-12/h4-5,8-9,12,14H,2-3,6-7,10H2,1H3,(H,19,21)(H,20,22)/t14-/m1/s1. The molecule has 1 aliphatic carbocycles. The van der Waals surface area contributed by atoms with Crippen LogP contribution in [0.4, 0.5) is 10.9 Å². The van der Waals surface area contributed by atoms with Crippen LogP contribution in [0.5, 0.6) is 5.75 Å². The predicted octanol–water partition coefficient (Wildman–Crippen LogP) is 3.98. The van der Waals surface area contributed by atoms with E-state index < -0.39 is 0 Å². The fourth-order valence-corrected chi connectivity index (χ4v) is 4.50. The van der Waals surface area contributed by atoms with E-state index in [2.05, 4.69) is 27.8 Å². The summed E-state index contributed by atoms with van der Waals surface area (Å²) in [6.07, 6.45) is 5.57. The molecule has 1 saturated carbocycles. The summed E-state index contributed by atoms with van der Waals surface area (Å²) < 4.78 is 6.12. The zero-order valence-corrected chi connectivity index (χ0v) is 14.5. The molecule has 0 radical (unpaired) electrons. The van der Waals surface area contributed by atoms with Crippen LogP contribution >= 0.6 is 11.3 Å². The molecule has 0 bridgehead atoms. The van der Waals surface area contributed by atoms with Crippen molar-refractivity contribution in [2.75, 3.05) is 17.7 Å². The van der Waals surface area contributed by atoms with Gasteiger partial charge in [-0.1, -0.05) is 23.5 Å². The molecule has 4 rings (SSSR count). The molecule has 1 fully saturated rings. The Morgan fingerprint density at radius 2 is 2.17 bits per heavy atom. The second-order valence-corrected chi connectivity index (χ2v) is 7.41. The van der Waals surface area contributed by atoms with Crippen molar-refractivity contribution in [2.45, 2.75) is 44.1 Å². The van der Waals surface area contributed by atoms with Gasteiger partial charge in [-0.25, -0.2) is 4.98 Å². The third-order valence-electron chi connectivity index (χ3n) is 4.70. The molecule has 2 N–H and O–H groups in total. The average molecular weight is 343 g/mol. The Kier molecular flexibility index (Phi) is 4.14. The highest BCUT2D eigenvalue weighted by molar-refractivity contribution is 7.16. The fraction of sp³-hybridized carbons (Fsp3) is 0.444. The van der Waals surface area contributed by atoms with Crippen molar-refractivity contribution in [2.24, 2.45) is 0 Å². The highest BCUT2D eigenvalue weighted by atomic mass is 32.1. The maximum atomic E-state index is 12.1. The van der Waals surface area contributed by atoms with Crippen LogP contribution in [-0.4, -0.2) is 24.0 Å². The molecular weight excluding hydrogens is 322 g/mol. The molecule has 2 heterocycles. The van der Waals surface area contributed by atoms with E-state index in [0.29, 0.717) is 18.3 Å². The van der Waals surface area contributed by atoms with E-state index in [0.717, 1.165) is 34.2 Å².